The number of carbonyl (C=O) groups is 2. The van der Waals surface area contributed by atoms with Gasteiger partial charge in [0.25, 0.3) is 7.82 Å². The molecule has 0 aliphatic rings. The predicted molar refractivity (Wildman–Crippen MR) is 386 cm³/mol. The van der Waals surface area contributed by atoms with Crippen LogP contribution in [0.5, 0.6) is 0 Å². The Hall–Kier alpha value is -1.51. The van der Waals surface area contributed by atoms with E-state index in [0.29, 0.717) is 17.4 Å². The number of carbonyl (C=O) groups excluding carboxylic acids is 2. The highest BCUT2D eigenvalue weighted by Crippen LogP contribution is 2.38. The number of hydrogen-bond acceptors (Lipinski definition) is 7. The lowest BCUT2D eigenvalue weighted by Crippen LogP contribution is -2.47. The average molecular weight is 1280 g/mol. The number of phosphoric acid groups is 1. The second-order valence-electron chi connectivity index (χ2n) is 28.6. The molecule has 0 aromatic carbocycles. The number of amides is 1. The predicted octanol–water partition coefficient (Wildman–Crippen LogP) is 24.9. The van der Waals surface area contributed by atoms with Crippen LogP contribution in [0.4, 0.5) is 0 Å². The van der Waals surface area contributed by atoms with Crippen molar-refractivity contribution in [2.75, 3.05) is 40.9 Å². The Morgan fingerprint density at radius 2 is 0.652 bits per heavy atom. The number of unbranched alkanes of at least 4 members (excludes halogenated alkanes) is 56. The minimum absolute atomic E-state index is 0.0176. The van der Waals surface area contributed by atoms with Crippen LogP contribution in [0, 0.1) is 0 Å². The zero-order valence-corrected chi connectivity index (χ0v) is 61.6. The second kappa shape index (κ2) is 69.3. The van der Waals surface area contributed by atoms with E-state index in [0.717, 1.165) is 57.8 Å². The Labute approximate surface area is 555 Å². The molecule has 0 aliphatic carbocycles. The van der Waals surface area contributed by atoms with E-state index in [4.69, 9.17) is 13.8 Å². The van der Waals surface area contributed by atoms with Crippen molar-refractivity contribution in [2.24, 2.45) is 0 Å². The van der Waals surface area contributed by atoms with Gasteiger partial charge < -0.3 is 28.5 Å². The molecule has 0 aromatic rings. The number of quaternary nitrogens is 1. The maximum Gasteiger partial charge on any atom is 0.306 e. The third-order valence-corrected chi connectivity index (χ3v) is 19.3. The molecule has 0 bridgehead atoms. The molecule has 1 N–H and O–H groups in total. The Kier molecular flexibility index (Phi) is 68.1. The van der Waals surface area contributed by atoms with Gasteiger partial charge in [-0.2, -0.15) is 0 Å². The minimum atomic E-state index is -4.70. The lowest BCUT2D eigenvalue weighted by Gasteiger charge is -2.30. The summed E-state index contributed by atoms with van der Waals surface area (Å²) in [4.78, 5) is 40.3. The summed E-state index contributed by atoms with van der Waals surface area (Å²) in [5, 5.41) is 3.06. The number of ether oxygens (including phenoxy) is 1. The molecule has 0 spiro atoms. The Morgan fingerprint density at radius 3 is 0.955 bits per heavy atom. The molecule has 528 valence electrons. The van der Waals surface area contributed by atoms with Gasteiger partial charge in [0, 0.05) is 12.8 Å². The van der Waals surface area contributed by atoms with Crippen LogP contribution in [0.2, 0.25) is 0 Å². The first-order valence-corrected chi connectivity index (χ1v) is 41.1. The molecular formula is C79H155N2O7P. The number of phosphoric ester groups is 1. The highest BCUT2D eigenvalue weighted by atomic mass is 31.2. The maximum atomic E-state index is 13.7. The van der Waals surface area contributed by atoms with Crippen molar-refractivity contribution in [3.05, 3.63) is 24.3 Å². The number of esters is 1. The summed E-state index contributed by atoms with van der Waals surface area (Å²) in [7, 11) is 1.21. The molecule has 0 heterocycles. The lowest BCUT2D eigenvalue weighted by atomic mass is 10.0. The van der Waals surface area contributed by atoms with Crippen LogP contribution in [-0.2, 0) is 27.9 Å². The molecule has 0 rings (SSSR count). The normalized spacial score (nSPS) is 13.5. The van der Waals surface area contributed by atoms with E-state index in [1.54, 1.807) is 0 Å². The molecule has 3 unspecified atom stereocenters. The molecule has 0 fully saturated rings. The molecule has 0 aromatic heterocycles. The Morgan fingerprint density at radius 1 is 0.382 bits per heavy atom. The smallest absolute Gasteiger partial charge is 0.306 e. The van der Waals surface area contributed by atoms with Crippen molar-refractivity contribution < 1.29 is 37.3 Å². The number of rotatable bonds is 74. The molecule has 0 radical (unpaired) electrons. The topological polar surface area (TPSA) is 114 Å². The van der Waals surface area contributed by atoms with Crippen LogP contribution in [0.1, 0.15) is 419 Å². The summed E-state index contributed by atoms with van der Waals surface area (Å²) in [6.07, 6.45) is 86.1. The zero-order valence-electron chi connectivity index (χ0n) is 60.7. The largest absolute Gasteiger partial charge is 0.756 e. The summed E-state index contributed by atoms with van der Waals surface area (Å²) in [5.74, 6) is -0.513. The van der Waals surface area contributed by atoms with Crippen molar-refractivity contribution in [2.45, 2.75) is 431 Å². The second-order valence-corrected chi connectivity index (χ2v) is 30.0. The van der Waals surface area contributed by atoms with Gasteiger partial charge in [0.2, 0.25) is 5.91 Å². The van der Waals surface area contributed by atoms with Crippen LogP contribution in [0.15, 0.2) is 24.3 Å². The molecule has 1 amide bonds. The molecular weight excluding hydrogens is 1120 g/mol. The van der Waals surface area contributed by atoms with Crippen molar-refractivity contribution >= 4 is 19.7 Å². The van der Waals surface area contributed by atoms with Gasteiger partial charge in [-0.3, -0.25) is 14.2 Å². The van der Waals surface area contributed by atoms with E-state index >= 15 is 0 Å². The van der Waals surface area contributed by atoms with E-state index in [1.165, 1.54) is 327 Å². The van der Waals surface area contributed by atoms with Gasteiger partial charge >= 0.3 is 5.97 Å². The van der Waals surface area contributed by atoms with Gasteiger partial charge in [0.05, 0.1) is 33.8 Å². The quantitative estimate of drug-likeness (QED) is 0.0212. The van der Waals surface area contributed by atoms with Gasteiger partial charge in [-0.1, -0.05) is 373 Å². The number of nitrogens with zero attached hydrogens (tertiary/aromatic N) is 1. The molecule has 9 nitrogen and oxygen atoms in total. The van der Waals surface area contributed by atoms with Gasteiger partial charge in [0.15, 0.2) is 0 Å². The number of allylic oxidation sites excluding steroid dienone is 3. The third-order valence-electron chi connectivity index (χ3n) is 18.4. The van der Waals surface area contributed by atoms with E-state index < -0.39 is 20.0 Å². The first-order valence-electron chi connectivity index (χ1n) is 39.6. The monoisotopic (exact) mass is 1280 g/mol. The van der Waals surface area contributed by atoms with Crippen LogP contribution in [0.3, 0.4) is 0 Å². The maximum absolute atomic E-state index is 13.7. The van der Waals surface area contributed by atoms with Crippen molar-refractivity contribution in [3.8, 4) is 0 Å². The summed E-state index contributed by atoms with van der Waals surface area (Å²) < 4.78 is 30.6. The average Bonchev–Trinajstić information content (AvgIpc) is 3.57. The molecule has 3 atom stereocenters. The summed E-state index contributed by atoms with van der Waals surface area (Å²) in [6, 6.07) is -0.884. The van der Waals surface area contributed by atoms with Gasteiger partial charge in [0.1, 0.15) is 19.3 Å². The van der Waals surface area contributed by atoms with Gasteiger partial charge in [-0.05, 0) is 57.4 Å². The van der Waals surface area contributed by atoms with Crippen LogP contribution < -0.4 is 10.2 Å². The fourth-order valence-electron chi connectivity index (χ4n) is 12.3. The SMILES string of the molecule is CCCCCCCC/C=C/CCCCCCCCCCCCCCCC(=O)OC(/C=C/CCCCCCCCCCCCC)C(COP(=O)([O-])OCC[N+](C)(C)C)NC(=O)CCCCCCCCCCCCCCCCCCCCCCCCCCCCC. The Bertz CT molecular complexity index is 1570. The van der Waals surface area contributed by atoms with Crippen molar-refractivity contribution in [1.29, 1.82) is 0 Å². The number of nitrogens with one attached hydrogen (secondary N) is 1. The number of hydrogen-bond donors (Lipinski definition) is 1. The third kappa shape index (κ3) is 70.6. The highest BCUT2D eigenvalue weighted by Gasteiger charge is 2.27. The van der Waals surface area contributed by atoms with Gasteiger partial charge in [-0.25, -0.2) is 0 Å². The molecule has 89 heavy (non-hydrogen) atoms. The van der Waals surface area contributed by atoms with Crippen LogP contribution in [0.25, 0.3) is 0 Å². The van der Waals surface area contributed by atoms with Gasteiger partial charge in [-0.15, -0.1) is 0 Å². The molecule has 0 saturated heterocycles. The molecule has 0 aliphatic heterocycles. The zero-order chi connectivity index (χ0) is 64.9. The summed E-state index contributed by atoms with van der Waals surface area (Å²) >= 11 is 0. The standard InChI is InChI=1S/C79H155N2O7P/c1-7-10-13-16-19-22-25-28-30-32-34-36-38-39-40-41-43-44-46-48-50-53-56-59-62-65-68-71-78(82)80-76(75-87-89(84,85)86-74-73-81(4,5)6)77(70-67-64-61-58-55-52-27-24-21-18-15-12-9-3)88-79(83)72-69-66-63-60-57-54-51-49-47-45-42-37-35-33-31-29-26-23-20-17-14-11-8-2/h29,31,67,70,76-77H,7-28,30,32-66,68-69,71-75H2,1-6H3,(H-,80,82,84,85)/b31-29+,70-67+. The molecule has 10 heteroatoms. The van der Waals surface area contributed by atoms with Crippen LogP contribution in [-0.4, -0.2) is 69.4 Å². The van der Waals surface area contributed by atoms with Crippen molar-refractivity contribution in [3.63, 3.8) is 0 Å². The fourth-order valence-corrected chi connectivity index (χ4v) is 13.0. The van der Waals surface area contributed by atoms with E-state index in [9.17, 15) is 19.0 Å². The summed E-state index contributed by atoms with van der Waals surface area (Å²) in [6.45, 7) is 6.93. The summed E-state index contributed by atoms with van der Waals surface area (Å²) in [5.41, 5.74) is 0. The fraction of sp³-hybridized carbons (Fsp3) is 0.924. The minimum Gasteiger partial charge on any atom is -0.756 e. The van der Waals surface area contributed by atoms with E-state index in [-0.39, 0.29) is 31.5 Å². The number of likely N-dealkylation sites (N-methyl/N-ethyl adjacent to an activating group) is 1. The van der Waals surface area contributed by atoms with Crippen molar-refractivity contribution in [1.82, 2.24) is 5.32 Å². The lowest BCUT2D eigenvalue weighted by molar-refractivity contribution is -0.870. The molecule has 0 saturated carbocycles. The van der Waals surface area contributed by atoms with E-state index in [1.807, 2.05) is 33.3 Å². The van der Waals surface area contributed by atoms with E-state index in [2.05, 4.69) is 38.2 Å². The highest BCUT2D eigenvalue weighted by molar-refractivity contribution is 7.45. The first kappa shape index (κ1) is 87.5. The van der Waals surface area contributed by atoms with Crippen LogP contribution >= 0.6 is 7.82 Å². The first-order chi connectivity index (χ1) is 43.4. The Balaban J connectivity index is 4.93.